The summed E-state index contributed by atoms with van der Waals surface area (Å²) in [6.07, 6.45) is 1.22. The van der Waals surface area contributed by atoms with Crippen LogP contribution < -0.4 is 5.32 Å². The molecule has 1 N–H and O–H groups in total. The molecule has 0 aliphatic rings. The molecule has 0 saturated heterocycles. The Kier molecular flexibility index (Phi) is 5.44. The molecule has 1 heterocycles. The maximum atomic E-state index is 11.4. The van der Waals surface area contributed by atoms with Crippen LogP contribution in [0.4, 0.5) is 0 Å². The number of benzene rings is 1. The molecular weight excluding hydrogens is 312 g/mol. The van der Waals surface area contributed by atoms with E-state index in [-0.39, 0.29) is 6.04 Å². The second kappa shape index (κ2) is 6.98. The molecular formula is C16H26N4O2S. The third-order valence-electron chi connectivity index (χ3n) is 3.97. The van der Waals surface area contributed by atoms with E-state index in [0.717, 1.165) is 16.9 Å². The number of hydrogen-bond donors (Lipinski definition) is 1. The Morgan fingerprint density at radius 3 is 2.52 bits per heavy atom. The van der Waals surface area contributed by atoms with Gasteiger partial charge in [0.1, 0.15) is 5.82 Å². The van der Waals surface area contributed by atoms with Gasteiger partial charge in [-0.25, -0.2) is 17.7 Å². The summed E-state index contributed by atoms with van der Waals surface area (Å²) in [5.41, 5.74) is 2.11. The molecule has 0 aliphatic carbocycles. The first-order chi connectivity index (χ1) is 10.7. The Bertz CT molecular complexity index is 767. The van der Waals surface area contributed by atoms with Gasteiger partial charge >= 0.3 is 0 Å². The first-order valence-corrected chi connectivity index (χ1v) is 9.68. The number of aromatic nitrogens is 2. The van der Waals surface area contributed by atoms with Gasteiger partial charge in [0.15, 0.2) is 0 Å². The van der Waals surface area contributed by atoms with E-state index in [1.165, 1.54) is 10.6 Å². The van der Waals surface area contributed by atoms with E-state index in [1.807, 2.05) is 18.2 Å². The second-order valence-electron chi connectivity index (χ2n) is 6.18. The van der Waals surface area contributed by atoms with Gasteiger partial charge in [-0.2, -0.15) is 0 Å². The highest BCUT2D eigenvalue weighted by Crippen LogP contribution is 2.24. The van der Waals surface area contributed by atoms with Crippen LogP contribution in [0.3, 0.4) is 0 Å². The summed E-state index contributed by atoms with van der Waals surface area (Å²) in [5, 5.41) is 3.37. The van der Waals surface area contributed by atoms with Crippen LogP contribution in [0, 0.1) is 0 Å². The third-order valence-corrected chi connectivity index (χ3v) is 5.29. The van der Waals surface area contributed by atoms with Crippen molar-refractivity contribution < 1.29 is 8.42 Å². The minimum absolute atomic E-state index is 0.0396. The van der Waals surface area contributed by atoms with E-state index in [1.54, 1.807) is 7.05 Å². The largest absolute Gasteiger partial charge is 0.324 e. The Balaban J connectivity index is 2.15. The van der Waals surface area contributed by atoms with Gasteiger partial charge in [-0.05, 0) is 32.9 Å². The lowest BCUT2D eigenvalue weighted by molar-refractivity contribution is 0.434. The average molecular weight is 338 g/mol. The molecule has 6 nitrogen and oxygen atoms in total. The topological polar surface area (TPSA) is 67.2 Å². The number of para-hydroxylation sites is 2. The molecule has 0 aliphatic heterocycles. The quantitative estimate of drug-likeness (QED) is 0.840. The molecule has 1 atom stereocenters. The van der Waals surface area contributed by atoms with E-state index in [9.17, 15) is 8.42 Å². The zero-order chi connectivity index (χ0) is 17.2. The number of sulfonamides is 1. The van der Waals surface area contributed by atoms with Crippen LogP contribution in [0.5, 0.6) is 0 Å². The maximum Gasteiger partial charge on any atom is 0.210 e. The first kappa shape index (κ1) is 17.9. The highest BCUT2D eigenvalue weighted by Gasteiger charge is 2.18. The van der Waals surface area contributed by atoms with E-state index < -0.39 is 10.0 Å². The van der Waals surface area contributed by atoms with Gasteiger partial charge in [0.2, 0.25) is 10.0 Å². The predicted octanol–water partition coefficient (Wildman–Crippen LogP) is 2.16. The zero-order valence-corrected chi connectivity index (χ0v) is 15.3. The van der Waals surface area contributed by atoms with E-state index in [4.69, 9.17) is 4.98 Å². The number of nitrogens with one attached hydrogen (secondary N) is 1. The molecule has 0 spiro atoms. The number of rotatable bonds is 7. The molecule has 1 aromatic carbocycles. The van der Waals surface area contributed by atoms with Crippen LogP contribution in [0.25, 0.3) is 11.0 Å². The van der Waals surface area contributed by atoms with Crippen molar-refractivity contribution in [3.05, 3.63) is 30.1 Å². The minimum atomic E-state index is -3.14. The lowest BCUT2D eigenvalue weighted by Crippen LogP contribution is -2.34. The molecule has 0 saturated carbocycles. The smallest absolute Gasteiger partial charge is 0.210 e. The number of likely N-dealkylation sites (N-methyl/N-ethyl adjacent to an activating group) is 1. The van der Waals surface area contributed by atoms with Gasteiger partial charge in [0.25, 0.3) is 0 Å². The van der Waals surface area contributed by atoms with Gasteiger partial charge in [0.05, 0.1) is 23.3 Å². The van der Waals surface area contributed by atoms with E-state index in [0.29, 0.717) is 19.1 Å². The normalized spacial score (nSPS) is 14.0. The van der Waals surface area contributed by atoms with Crippen LogP contribution in [-0.2, 0) is 10.0 Å². The molecule has 1 aromatic heterocycles. The van der Waals surface area contributed by atoms with Crippen molar-refractivity contribution in [1.82, 2.24) is 19.2 Å². The van der Waals surface area contributed by atoms with Gasteiger partial charge < -0.3 is 9.88 Å². The molecule has 0 unspecified atom stereocenters. The van der Waals surface area contributed by atoms with Gasteiger partial charge in [-0.15, -0.1) is 0 Å². The summed E-state index contributed by atoms with van der Waals surface area (Å²) >= 11 is 0. The fraction of sp³-hybridized carbons (Fsp3) is 0.562. The second-order valence-corrected chi connectivity index (χ2v) is 8.27. The Morgan fingerprint density at radius 1 is 1.26 bits per heavy atom. The molecule has 0 fully saturated rings. The zero-order valence-electron chi connectivity index (χ0n) is 14.4. The molecule has 2 aromatic rings. The summed E-state index contributed by atoms with van der Waals surface area (Å²) in [6.45, 7) is 7.35. The minimum Gasteiger partial charge on any atom is -0.324 e. The number of fused-ring (bicyclic) bond motifs is 1. The van der Waals surface area contributed by atoms with Crippen molar-refractivity contribution in [2.45, 2.75) is 32.9 Å². The van der Waals surface area contributed by atoms with Gasteiger partial charge in [-0.3, -0.25) is 0 Å². The average Bonchev–Trinajstić information content (AvgIpc) is 2.85. The maximum absolute atomic E-state index is 11.4. The van der Waals surface area contributed by atoms with Crippen molar-refractivity contribution >= 4 is 21.1 Å². The van der Waals surface area contributed by atoms with Gasteiger partial charge in [0, 0.05) is 26.2 Å². The van der Waals surface area contributed by atoms with Crippen LogP contribution in [-0.4, -0.2) is 48.7 Å². The molecule has 0 bridgehead atoms. The fourth-order valence-corrected chi connectivity index (χ4v) is 3.03. The van der Waals surface area contributed by atoms with Crippen molar-refractivity contribution in [2.24, 2.45) is 0 Å². The SMILES string of the molecule is CC(C)n1c([C@@H](C)NCCN(C)S(C)(=O)=O)nc2ccccc21. The predicted molar refractivity (Wildman–Crippen MR) is 94.0 cm³/mol. The summed E-state index contributed by atoms with van der Waals surface area (Å²) < 4.78 is 26.4. The summed E-state index contributed by atoms with van der Waals surface area (Å²) in [5.74, 6) is 0.975. The third kappa shape index (κ3) is 4.10. The van der Waals surface area contributed by atoms with Crippen molar-refractivity contribution in [1.29, 1.82) is 0 Å². The van der Waals surface area contributed by atoms with Crippen LogP contribution in [0.1, 0.15) is 38.7 Å². The Morgan fingerprint density at radius 2 is 1.91 bits per heavy atom. The monoisotopic (exact) mass is 338 g/mol. The fourth-order valence-electron chi connectivity index (χ4n) is 2.61. The number of hydrogen-bond acceptors (Lipinski definition) is 4. The molecule has 128 valence electrons. The number of nitrogens with zero attached hydrogens (tertiary/aromatic N) is 3. The highest BCUT2D eigenvalue weighted by molar-refractivity contribution is 7.88. The van der Waals surface area contributed by atoms with Crippen LogP contribution in [0.15, 0.2) is 24.3 Å². The molecule has 2 rings (SSSR count). The van der Waals surface area contributed by atoms with E-state index >= 15 is 0 Å². The molecule has 23 heavy (non-hydrogen) atoms. The standard InChI is InChI=1S/C16H26N4O2S/c1-12(2)20-15-9-7-6-8-14(15)18-16(20)13(3)17-10-11-19(4)23(5,21)22/h6-9,12-13,17H,10-11H2,1-5H3/t13-/m1/s1. The summed E-state index contributed by atoms with van der Waals surface area (Å²) in [7, 11) is -1.55. The van der Waals surface area contributed by atoms with Crippen LogP contribution in [0.2, 0.25) is 0 Å². The lowest BCUT2D eigenvalue weighted by atomic mass is 10.2. The van der Waals surface area contributed by atoms with E-state index in [2.05, 4.69) is 36.7 Å². The summed E-state index contributed by atoms with van der Waals surface area (Å²) in [6, 6.07) is 8.45. The van der Waals surface area contributed by atoms with Gasteiger partial charge in [-0.1, -0.05) is 12.1 Å². The highest BCUT2D eigenvalue weighted by atomic mass is 32.2. The summed E-state index contributed by atoms with van der Waals surface area (Å²) in [4.78, 5) is 4.75. The number of imidazole rings is 1. The van der Waals surface area contributed by atoms with Crippen molar-refractivity contribution in [3.63, 3.8) is 0 Å². The molecule has 7 heteroatoms. The first-order valence-electron chi connectivity index (χ1n) is 7.83. The Labute approximate surface area is 138 Å². The van der Waals surface area contributed by atoms with Crippen LogP contribution >= 0.6 is 0 Å². The molecule has 0 radical (unpaired) electrons. The molecule has 0 amide bonds. The Hall–Kier alpha value is -1.44. The van der Waals surface area contributed by atoms with Crippen molar-refractivity contribution in [3.8, 4) is 0 Å². The van der Waals surface area contributed by atoms with Crippen molar-refractivity contribution in [2.75, 3.05) is 26.4 Å². The lowest BCUT2D eigenvalue weighted by Gasteiger charge is -2.20.